The second-order valence-corrected chi connectivity index (χ2v) is 5.09. The zero-order chi connectivity index (χ0) is 10.2. The molecule has 14 heavy (non-hydrogen) atoms. The number of hydrogen-bond acceptors (Lipinski definition) is 2. The molecule has 1 heterocycles. The Hall–Kier alpha value is -0.700. The van der Waals surface area contributed by atoms with Crippen molar-refractivity contribution in [2.45, 2.75) is 26.2 Å². The van der Waals surface area contributed by atoms with Crippen LogP contribution >= 0.6 is 15.9 Å². The standard InChI is InChI=1S/C11H12BrNO/c1-11(2-3-11)10(14)5-8-4-9(12)7-13-6-8/h4,6-7H,2-3,5H2,1H3. The minimum absolute atomic E-state index is 0.0255. The fourth-order valence-electron chi connectivity index (χ4n) is 1.42. The van der Waals surface area contributed by atoms with E-state index in [1.54, 1.807) is 12.4 Å². The number of pyridine rings is 1. The van der Waals surface area contributed by atoms with Gasteiger partial charge in [-0.15, -0.1) is 0 Å². The van der Waals surface area contributed by atoms with Crippen molar-refractivity contribution in [3.05, 3.63) is 28.5 Å². The minimum atomic E-state index is -0.0255. The molecule has 3 heteroatoms. The van der Waals surface area contributed by atoms with Crippen LogP contribution in [-0.4, -0.2) is 10.8 Å². The number of halogens is 1. The average Bonchev–Trinajstić information content (AvgIpc) is 2.85. The molecule has 1 saturated carbocycles. The molecular weight excluding hydrogens is 242 g/mol. The molecule has 0 atom stereocenters. The topological polar surface area (TPSA) is 30.0 Å². The number of aromatic nitrogens is 1. The lowest BCUT2D eigenvalue weighted by molar-refractivity contribution is -0.122. The summed E-state index contributed by atoms with van der Waals surface area (Å²) in [7, 11) is 0. The van der Waals surface area contributed by atoms with Crippen LogP contribution in [0.3, 0.4) is 0 Å². The van der Waals surface area contributed by atoms with E-state index in [9.17, 15) is 4.79 Å². The summed E-state index contributed by atoms with van der Waals surface area (Å²) in [5, 5.41) is 0. The van der Waals surface area contributed by atoms with E-state index in [1.165, 1.54) is 0 Å². The third-order valence-electron chi connectivity index (χ3n) is 2.80. The lowest BCUT2D eigenvalue weighted by Gasteiger charge is -2.06. The Balaban J connectivity index is 2.07. The SMILES string of the molecule is CC1(C(=O)Cc2cncc(Br)c2)CC1. The van der Waals surface area contributed by atoms with Gasteiger partial charge in [-0.3, -0.25) is 9.78 Å². The van der Waals surface area contributed by atoms with Crippen molar-refractivity contribution in [3.63, 3.8) is 0 Å². The van der Waals surface area contributed by atoms with Crippen molar-refractivity contribution in [3.8, 4) is 0 Å². The number of hydrogen-bond donors (Lipinski definition) is 0. The Bertz CT molecular complexity index is 371. The zero-order valence-corrected chi connectivity index (χ0v) is 9.67. The van der Waals surface area contributed by atoms with Gasteiger partial charge in [-0.25, -0.2) is 0 Å². The summed E-state index contributed by atoms with van der Waals surface area (Å²) in [6, 6.07) is 1.96. The maximum atomic E-state index is 11.8. The summed E-state index contributed by atoms with van der Waals surface area (Å²) in [6.07, 6.45) is 6.10. The Morgan fingerprint density at radius 2 is 2.29 bits per heavy atom. The van der Waals surface area contributed by atoms with Gasteiger partial charge in [0, 0.05) is 28.7 Å². The first-order chi connectivity index (χ1) is 6.60. The van der Waals surface area contributed by atoms with E-state index < -0.39 is 0 Å². The van der Waals surface area contributed by atoms with Crippen molar-refractivity contribution in [2.75, 3.05) is 0 Å². The quantitative estimate of drug-likeness (QED) is 0.830. The van der Waals surface area contributed by atoms with Crippen LogP contribution in [0.15, 0.2) is 22.9 Å². The predicted molar refractivity (Wildman–Crippen MR) is 58.0 cm³/mol. The van der Waals surface area contributed by atoms with Crippen LogP contribution < -0.4 is 0 Å². The van der Waals surface area contributed by atoms with Gasteiger partial charge in [0.1, 0.15) is 5.78 Å². The summed E-state index contributed by atoms with van der Waals surface area (Å²) in [5.41, 5.74) is 0.972. The normalized spacial score (nSPS) is 17.9. The van der Waals surface area contributed by atoms with Crippen molar-refractivity contribution < 1.29 is 4.79 Å². The molecule has 0 aliphatic heterocycles. The van der Waals surface area contributed by atoms with Gasteiger partial charge in [0.15, 0.2) is 0 Å². The van der Waals surface area contributed by atoms with Crippen molar-refractivity contribution in [1.82, 2.24) is 4.98 Å². The van der Waals surface area contributed by atoms with Crippen molar-refractivity contribution >= 4 is 21.7 Å². The molecule has 0 radical (unpaired) electrons. The molecule has 2 nitrogen and oxygen atoms in total. The van der Waals surface area contributed by atoms with Crippen molar-refractivity contribution in [2.24, 2.45) is 5.41 Å². The second-order valence-electron chi connectivity index (χ2n) is 4.17. The number of carbonyl (C=O) groups is 1. The van der Waals surface area contributed by atoms with E-state index in [-0.39, 0.29) is 5.41 Å². The number of Topliss-reactive ketones (excluding diaryl/α,β-unsaturated/α-hetero) is 1. The van der Waals surface area contributed by atoms with E-state index in [2.05, 4.69) is 20.9 Å². The van der Waals surface area contributed by atoms with E-state index in [0.717, 1.165) is 22.9 Å². The molecule has 1 fully saturated rings. The number of nitrogens with zero attached hydrogens (tertiary/aromatic N) is 1. The largest absolute Gasteiger partial charge is 0.299 e. The smallest absolute Gasteiger partial charge is 0.143 e. The van der Waals surface area contributed by atoms with Gasteiger partial charge in [-0.1, -0.05) is 6.92 Å². The van der Waals surface area contributed by atoms with Gasteiger partial charge in [0.05, 0.1) is 0 Å². The Kier molecular flexibility index (Phi) is 2.43. The highest BCUT2D eigenvalue weighted by Gasteiger charge is 2.43. The third-order valence-corrected chi connectivity index (χ3v) is 3.23. The molecule has 0 bridgehead atoms. The van der Waals surface area contributed by atoms with E-state index >= 15 is 0 Å². The first-order valence-electron chi connectivity index (χ1n) is 4.73. The maximum absolute atomic E-state index is 11.8. The van der Waals surface area contributed by atoms with Gasteiger partial charge in [-0.2, -0.15) is 0 Å². The summed E-state index contributed by atoms with van der Waals surface area (Å²) < 4.78 is 0.934. The van der Waals surface area contributed by atoms with Gasteiger partial charge in [0.25, 0.3) is 0 Å². The fourth-order valence-corrected chi connectivity index (χ4v) is 1.83. The molecular formula is C11H12BrNO. The molecule has 0 aromatic carbocycles. The summed E-state index contributed by atoms with van der Waals surface area (Å²) in [5.74, 6) is 0.345. The molecule has 0 unspecified atom stereocenters. The first-order valence-corrected chi connectivity index (χ1v) is 5.52. The van der Waals surface area contributed by atoms with Crippen LogP contribution in [0.1, 0.15) is 25.3 Å². The maximum Gasteiger partial charge on any atom is 0.143 e. The molecule has 1 aromatic heterocycles. The van der Waals surface area contributed by atoms with Gasteiger partial charge in [-0.05, 0) is 40.4 Å². The summed E-state index contributed by atoms with van der Waals surface area (Å²) in [4.78, 5) is 15.8. The van der Waals surface area contributed by atoms with Gasteiger partial charge >= 0.3 is 0 Å². The molecule has 0 N–H and O–H groups in total. The molecule has 1 aliphatic carbocycles. The number of rotatable bonds is 3. The monoisotopic (exact) mass is 253 g/mol. The highest BCUT2D eigenvalue weighted by molar-refractivity contribution is 9.10. The molecule has 0 amide bonds. The lowest BCUT2D eigenvalue weighted by Crippen LogP contribution is -2.14. The minimum Gasteiger partial charge on any atom is -0.299 e. The van der Waals surface area contributed by atoms with E-state index in [0.29, 0.717) is 12.2 Å². The first kappa shape index (κ1) is 9.84. The lowest BCUT2D eigenvalue weighted by atomic mass is 9.98. The van der Waals surface area contributed by atoms with Crippen LogP contribution in [0.25, 0.3) is 0 Å². The third kappa shape index (κ3) is 2.03. The average molecular weight is 254 g/mol. The summed E-state index contributed by atoms with van der Waals surface area (Å²) in [6.45, 7) is 2.04. The fraction of sp³-hybridized carbons (Fsp3) is 0.455. The van der Waals surface area contributed by atoms with Crippen LogP contribution in [-0.2, 0) is 11.2 Å². The molecule has 0 spiro atoms. The Morgan fingerprint density at radius 3 is 2.86 bits per heavy atom. The molecule has 1 aliphatic rings. The molecule has 74 valence electrons. The van der Waals surface area contributed by atoms with E-state index in [4.69, 9.17) is 0 Å². The molecule has 0 saturated heterocycles. The van der Waals surface area contributed by atoms with Crippen LogP contribution in [0.2, 0.25) is 0 Å². The van der Waals surface area contributed by atoms with Crippen LogP contribution in [0, 0.1) is 5.41 Å². The second kappa shape index (κ2) is 3.46. The molecule has 2 rings (SSSR count). The van der Waals surface area contributed by atoms with Crippen LogP contribution in [0.5, 0.6) is 0 Å². The number of ketones is 1. The predicted octanol–water partition coefficient (Wildman–Crippen LogP) is 2.76. The van der Waals surface area contributed by atoms with Gasteiger partial charge in [0.2, 0.25) is 0 Å². The highest BCUT2D eigenvalue weighted by Crippen LogP contribution is 2.46. The number of carbonyl (C=O) groups excluding carboxylic acids is 1. The Morgan fingerprint density at radius 1 is 1.57 bits per heavy atom. The van der Waals surface area contributed by atoms with Crippen LogP contribution in [0.4, 0.5) is 0 Å². The molecule has 1 aromatic rings. The zero-order valence-electron chi connectivity index (χ0n) is 8.09. The van der Waals surface area contributed by atoms with E-state index in [1.807, 2.05) is 13.0 Å². The van der Waals surface area contributed by atoms with Crippen molar-refractivity contribution in [1.29, 1.82) is 0 Å². The highest BCUT2D eigenvalue weighted by atomic mass is 79.9. The Labute approximate surface area is 91.9 Å². The summed E-state index contributed by atoms with van der Waals surface area (Å²) >= 11 is 3.34. The van der Waals surface area contributed by atoms with Gasteiger partial charge < -0.3 is 0 Å².